The number of benzene rings is 1. The van der Waals surface area contributed by atoms with Crippen LogP contribution in [0, 0.1) is 0 Å². The van der Waals surface area contributed by atoms with Crippen LogP contribution >= 0.6 is 0 Å². The summed E-state index contributed by atoms with van der Waals surface area (Å²) < 4.78 is 38.9. The third-order valence-electron chi connectivity index (χ3n) is 4.74. The minimum absolute atomic E-state index is 0.0359. The van der Waals surface area contributed by atoms with Crippen molar-refractivity contribution in [2.45, 2.75) is 23.9 Å². The number of hydrogen-bond donors (Lipinski definition) is 2. The minimum Gasteiger partial charge on any atom is -0.491 e. The van der Waals surface area contributed by atoms with Gasteiger partial charge < -0.3 is 19.6 Å². The number of pyridine rings is 1. The van der Waals surface area contributed by atoms with E-state index in [0.717, 1.165) is 0 Å². The molecular formula is C20H21N3O6S. The summed E-state index contributed by atoms with van der Waals surface area (Å²) in [6.07, 6.45) is 2.83. The van der Waals surface area contributed by atoms with Gasteiger partial charge in [0.2, 0.25) is 0 Å². The van der Waals surface area contributed by atoms with Gasteiger partial charge in [0.1, 0.15) is 18.1 Å². The van der Waals surface area contributed by atoms with E-state index in [1.54, 1.807) is 31.4 Å². The van der Waals surface area contributed by atoms with E-state index in [9.17, 15) is 18.3 Å². The predicted molar refractivity (Wildman–Crippen MR) is 110 cm³/mol. The summed E-state index contributed by atoms with van der Waals surface area (Å²) in [5, 5.41) is 9.87. The second-order valence-corrected chi connectivity index (χ2v) is 8.70. The lowest BCUT2D eigenvalue weighted by Gasteiger charge is -2.25. The molecule has 9 nitrogen and oxygen atoms in total. The number of carboxylic acid groups (broad SMARTS) is 1. The van der Waals surface area contributed by atoms with E-state index in [1.165, 1.54) is 22.6 Å². The molecule has 0 aliphatic heterocycles. The van der Waals surface area contributed by atoms with Crippen molar-refractivity contribution in [1.29, 1.82) is 0 Å². The van der Waals surface area contributed by atoms with E-state index in [2.05, 4.69) is 9.97 Å². The van der Waals surface area contributed by atoms with E-state index in [-0.39, 0.29) is 23.4 Å². The summed E-state index contributed by atoms with van der Waals surface area (Å²) in [5.41, 5.74) is 0.713. The van der Waals surface area contributed by atoms with Gasteiger partial charge in [-0.05, 0) is 37.1 Å². The Morgan fingerprint density at radius 2 is 2.07 bits per heavy atom. The molecule has 1 aromatic carbocycles. The fraction of sp³-hybridized carbons (Fsp3) is 0.300. The van der Waals surface area contributed by atoms with Crippen molar-refractivity contribution < 1.29 is 27.8 Å². The number of carboxylic acids is 1. The van der Waals surface area contributed by atoms with Gasteiger partial charge in [-0.2, -0.15) is 8.42 Å². The average molecular weight is 431 g/mol. The van der Waals surface area contributed by atoms with Crippen molar-refractivity contribution in [2.24, 2.45) is 0 Å². The molecule has 0 unspecified atom stereocenters. The monoisotopic (exact) mass is 431 g/mol. The molecular weight excluding hydrogens is 410 g/mol. The van der Waals surface area contributed by atoms with E-state index < -0.39 is 16.0 Å². The highest BCUT2D eigenvalue weighted by Gasteiger charge is 2.40. The molecule has 0 atom stereocenters. The molecule has 0 spiro atoms. The standard InChI is InChI=1S/C20H21N3O6S/c1-28-8-9-29-15-10-13-11-16(20(24)25)22-19(13)17(12-15)23(14-5-6-14)30(26,27)18-4-2-3-7-21-18/h2-4,7,10-12,14,22H,5-6,8-9H2,1H3,(H,24,25). The lowest BCUT2D eigenvalue weighted by molar-refractivity contribution is 0.0691. The SMILES string of the molecule is COCCOc1cc(N(C2CC2)S(=O)(=O)c2ccccn2)c2[nH]c(C(=O)O)cc2c1. The maximum absolute atomic E-state index is 13.4. The Morgan fingerprint density at radius 1 is 1.27 bits per heavy atom. The number of fused-ring (bicyclic) bond motifs is 1. The Morgan fingerprint density at radius 3 is 2.70 bits per heavy atom. The first-order valence-electron chi connectivity index (χ1n) is 9.39. The summed E-state index contributed by atoms with van der Waals surface area (Å²) in [4.78, 5) is 18.4. The number of aromatic amines is 1. The number of ether oxygens (including phenoxy) is 2. The van der Waals surface area contributed by atoms with Gasteiger partial charge in [-0.25, -0.2) is 9.78 Å². The van der Waals surface area contributed by atoms with Crippen LogP contribution < -0.4 is 9.04 Å². The summed E-state index contributed by atoms with van der Waals surface area (Å²) in [6.45, 7) is 0.632. The van der Waals surface area contributed by atoms with Crippen molar-refractivity contribution in [3.05, 3.63) is 48.3 Å². The molecule has 1 fully saturated rings. The number of nitrogens with zero attached hydrogens (tertiary/aromatic N) is 2. The Kier molecular flexibility index (Phi) is 5.35. The van der Waals surface area contributed by atoms with E-state index in [0.29, 0.717) is 41.8 Å². The Labute approximate surface area is 173 Å². The highest BCUT2D eigenvalue weighted by Crippen LogP contribution is 2.41. The van der Waals surface area contributed by atoms with Crippen LogP contribution in [0.1, 0.15) is 23.3 Å². The smallest absolute Gasteiger partial charge is 0.352 e. The molecule has 158 valence electrons. The number of H-pyrrole nitrogens is 1. The van der Waals surface area contributed by atoms with Crippen molar-refractivity contribution in [2.75, 3.05) is 24.6 Å². The zero-order valence-corrected chi connectivity index (χ0v) is 17.1. The molecule has 1 saturated carbocycles. The first kappa shape index (κ1) is 20.2. The number of methoxy groups -OCH3 is 1. The van der Waals surface area contributed by atoms with Gasteiger partial charge in [-0.15, -0.1) is 0 Å². The van der Waals surface area contributed by atoms with Crippen LogP contribution in [0.25, 0.3) is 10.9 Å². The van der Waals surface area contributed by atoms with Crippen molar-refractivity contribution in [3.63, 3.8) is 0 Å². The quantitative estimate of drug-likeness (QED) is 0.500. The molecule has 1 aliphatic carbocycles. The third-order valence-corrected chi connectivity index (χ3v) is 6.53. The number of nitrogens with one attached hydrogen (secondary N) is 1. The number of hydrogen-bond acceptors (Lipinski definition) is 6. The molecule has 2 N–H and O–H groups in total. The number of aromatic nitrogens is 2. The average Bonchev–Trinajstić information content (AvgIpc) is 3.45. The molecule has 4 rings (SSSR count). The van der Waals surface area contributed by atoms with E-state index >= 15 is 0 Å². The van der Waals surface area contributed by atoms with Crippen LogP contribution in [0.2, 0.25) is 0 Å². The molecule has 3 aromatic rings. The number of anilines is 1. The largest absolute Gasteiger partial charge is 0.491 e. The molecule has 30 heavy (non-hydrogen) atoms. The van der Waals surface area contributed by atoms with Gasteiger partial charge in [0.15, 0.2) is 5.03 Å². The zero-order valence-electron chi connectivity index (χ0n) is 16.2. The molecule has 0 saturated heterocycles. The molecule has 2 heterocycles. The van der Waals surface area contributed by atoms with Gasteiger partial charge >= 0.3 is 5.97 Å². The van der Waals surface area contributed by atoms with Gasteiger partial charge in [0.05, 0.1) is 17.8 Å². The van der Waals surface area contributed by atoms with E-state index in [1.807, 2.05) is 0 Å². The number of sulfonamides is 1. The Balaban J connectivity index is 1.88. The second kappa shape index (κ2) is 7.96. The van der Waals surface area contributed by atoms with Crippen molar-refractivity contribution >= 4 is 32.6 Å². The first-order valence-corrected chi connectivity index (χ1v) is 10.8. The molecule has 0 bridgehead atoms. The summed E-state index contributed by atoms with van der Waals surface area (Å²) >= 11 is 0. The number of carbonyl (C=O) groups is 1. The minimum atomic E-state index is -3.96. The maximum atomic E-state index is 13.4. The lowest BCUT2D eigenvalue weighted by Crippen LogP contribution is -2.34. The summed E-state index contributed by atoms with van der Waals surface area (Å²) in [7, 11) is -2.41. The normalized spacial score (nSPS) is 14.0. The molecule has 0 amide bonds. The van der Waals surface area contributed by atoms with Crippen LogP contribution in [-0.2, 0) is 14.8 Å². The first-order chi connectivity index (χ1) is 14.4. The topological polar surface area (TPSA) is 122 Å². The van der Waals surface area contributed by atoms with Gasteiger partial charge in [0.25, 0.3) is 10.0 Å². The highest BCUT2D eigenvalue weighted by atomic mass is 32.2. The van der Waals surface area contributed by atoms with Crippen molar-refractivity contribution in [1.82, 2.24) is 9.97 Å². The highest BCUT2D eigenvalue weighted by molar-refractivity contribution is 7.92. The van der Waals surface area contributed by atoms with Gasteiger partial charge in [-0.3, -0.25) is 4.31 Å². The van der Waals surface area contributed by atoms with Crippen LogP contribution in [0.15, 0.2) is 47.6 Å². The molecule has 1 aliphatic rings. The molecule has 2 aromatic heterocycles. The van der Waals surface area contributed by atoms with Crippen LogP contribution in [-0.4, -0.2) is 55.8 Å². The Hall–Kier alpha value is -3.11. The zero-order chi connectivity index (χ0) is 21.3. The Bertz CT molecular complexity index is 1170. The summed E-state index contributed by atoms with van der Waals surface area (Å²) in [5.74, 6) is -0.711. The van der Waals surface area contributed by atoms with Crippen LogP contribution in [0.4, 0.5) is 5.69 Å². The lowest BCUT2D eigenvalue weighted by atomic mass is 10.2. The fourth-order valence-corrected chi connectivity index (χ4v) is 4.90. The number of aromatic carboxylic acids is 1. The second-order valence-electron chi connectivity index (χ2n) is 6.94. The van der Waals surface area contributed by atoms with E-state index in [4.69, 9.17) is 9.47 Å². The maximum Gasteiger partial charge on any atom is 0.352 e. The third kappa shape index (κ3) is 3.83. The predicted octanol–water partition coefficient (Wildman–Crippen LogP) is 2.64. The summed E-state index contributed by atoms with van der Waals surface area (Å²) in [6, 6.07) is 9.22. The number of rotatable bonds is 9. The van der Waals surface area contributed by atoms with Crippen molar-refractivity contribution in [3.8, 4) is 5.75 Å². The molecule has 0 radical (unpaired) electrons. The van der Waals surface area contributed by atoms with Gasteiger partial charge in [0, 0.05) is 30.8 Å². The van der Waals surface area contributed by atoms with Gasteiger partial charge in [-0.1, -0.05) is 6.07 Å². The van der Waals surface area contributed by atoms with Crippen LogP contribution in [0.5, 0.6) is 5.75 Å². The van der Waals surface area contributed by atoms with Crippen LogP contribution in [0.3, 0.4) is 0 Å². The fourth-order valence-electron chi connectivity index (χ4n) is 3.25. The molecule has 10 heteroatoms.